The van der Waals surface area contributed by atoms with E-state index in [2.05, 4.69) is 31.0 Å². The first-order valence-corrected chi connectivity index (χ1v) is 7.00. The summed E-state index contributed by atoms with van der Waals surface area (Å²) in [4.78, 5) is 0. The average molecular weight is 248 g/mol. The molecule has 3 rings (SSSR count). The zero-order valence-corrected chi connectivity index (χ0v) is 10.6. The third-order valence-corrected chi connectivity index (χ3v) is 3.86. The van der Waals surface area contributed by atoms with Crippen molar-refractivity contribution in [2.45, 2.75) is 63.5 Å². The molecule has 0 aromatic carbocycles. The SMILES string of the molecule is C1CCC(Nc2nnc(NC3CCCC3)nn2)C1. The van der Waals surface area contributed by atoms with Crippen molar-refractivity contribution in [2.75, 3.05) is 10.6 Å². The van der Waals surface area contributed by atoms with Gasteiger partial charge in [-0.15, -0.1) is 20.4 Å². The zero-order valence-electron chi connectivity index (χ0n) is 10.6. The van der Waals surface area contributed by atoms with Gasteiger partial charge in [0.2, 0.25) is 0 Å². The Hall–Kier alpha value is -1.46. The van der Waals surface area contributed by atoms with Gasteiger partial charge in [0, 0.05) is 12.1 Å². The van der Waals surface area contributed by atoms with Crippen molar-refractivity contribution in [3.05, 3.63) is 0 Å². The van der Waals surface area contributed by atoms with Crippen LogP contribution in [-0.2, 0) is 0 Å². The third-order valence-electron chi connectivity index (χ3n) is 3.86. The summed E-state index contributed by atoms with van der Waals surface area (Å²) in [6.07, 6.45) is 9.97. The van der Waals surface area contributed by atoms with Gasteiger partial charge in [-0.1, -0.05) is 25.7 Å². The van der Waals surface area contributed by atoms with Crippen LogP contribution in [0.5, 0.6) is 0 Å². The van der Waals surface area contributed by atoms with E-state index in [-0.39, 0.29) is 0 Å². The maximum absolute atomic E-state index is 4.09. The first-order chi connectivity index (χ1) is 8.90. The van der Waals surface area contributed by atoms with Crippen LogP contribution >= 0.6 is 0 Å². The van der Waals surface area contributed by atoms with Crippen molar-refractivity contribution in [3.8, 4) is 0 Å². The van der Waals surface area contributed by atoms with Gasteiger partial charge in [0.15, 0.2) is 0 Å². The van der Waals surface area contributed by atoms with Gasteiger partial charge in [-0.2, -0.15) is 0 Å². The number of nitrogens with one attached hydrogen (secondary N) is 2. The molecule has 0 aliphatic heterocycles. The Kier molecular flexibility index (Phi) is 3.52. The summed E-state index contributed by atoms with van der Waals surface area (Å²) < 4.78 is 0. The molecule has 0 saturated heterocycles. The molecule has 1 aromatic heterocycles. The number of hydrogen-bond donors (Lipinski definition) is 2. The Labute approximate surface area is 107 Å². The van der Waals surface area contributed by atoms with Gasteiger partial charge in [-0.25, -0.2) is 0 Å². The lowest BCUT2D eigenvalue weighted by atomic mass is 10.2. The van der Waals surface area contributed by atoms with E-state index >= 15 is 0 Å². The molecule has 0 atom stereocenters. The van der Waals surface area contributed by atoms with E-state index in [4.69, 9.17) is 0 Å². The van der Waals surface area contributed by atoms with Gasteiger partial charge in [0.05, 0.1) is 0 Å². The van der Waals surface area contributed by atoms with Crippen LogP contribution in [0.2, 0.25) is 0 Å². The van der Waals surface area contributed by atoms with Gasteiger partial charge < -0.3 is 10.6 Å². The highest BCUT2D eigenvalue weighted by atomic mass is 15.4. The monoisotopic (exact) mass is 248 g/mol. The first-order valence-electron chi connectivity index (χ1n) is 7.00. The number of anilines is 2. The molecule has 6 heteroatoms. The molecular weight excluding hydrogens is 228 g/mol. The van der Waals surface area contributed by atoms with E-state index in [1.807, 2.05) is 0 Å². The fourth-order valence-electron chi connectivity index (χ4n) is 2.85. The smallest absolute Gasteiger partial charge is 0.262 e. The summed E-state index contributed by atoms with van der Waals surface area (Å²) in [6, 6.07) is 1.00. The Bertz CT molecular complexity index is 330. The zero-order chi connectivity index (χ0) is 12.2. The topological polar surface area (TPSA) is 75.6 Å². The largest absolute Gasteiger partial charge is 0.349 e. The van der Waals surface area contributed by atoms with Crippen molar-refractivity contribution in [1.82, 2.24) is 20.4 Å². The fraction of sp³-hybridized carbons (Fsp3) is 0.833. The minimum atomic E-state index is 0.502. The maximum atomic E-state index is 4.09. The van der Waals surface area contributed by atoms with Crippen LogP contribution in [0, 0.1) is 0 Å². The number of nitrogens with zero attached hydrogens (tertiary/aromatic N) is 4. The number of aromatic nitrogens is 4. The molecule has 0 unspecified atom stereocenters. The van der Waals surface area contributed by atoms with Crippen molar-refractivity contribution >= 4 is 11.9 Å². The molecule has 1 heterocycles. The van der Waals surface area contributed by atoms with E-state index in [9.17, 15) is 0 Å². The Morgan fingerprint density at radius 2 is 0.944 bits per heavy atom. The van der Waals surface area contributed by atoms with Gasteiger partial charge in [0.25, 0.3) is 11.9 Å². The quantitative estimate of drug-likeness (QED) is 0.848. The van der Waals surface area contributed by atoms with Crippen LogP contribution in [0.4, 0.5) is 11.9 Å². The van der Waals surface area contributed by atoms with Crippen molar-refractivity contribution in [1.29, 1.82) is 0 Å². The minimum absolute atomic E-state index is 0.502. The van der Waals surface area contributed by atoms with Gasteiger partial charge in [0.1, 0.15) is 0 Å². The van der Waals surface area contributed by atoms with E-state index in [0.717, 1.165) is 0 Å². The summed E-state index contributed by atoms with van der Waals surface area (Å²) in [5, 5.41) is 22.9. The average Bonchev–Trinajstić information content (AvgIpc) is 3.05. The van der Waals surface area contributed by atoms with Crippen molar-refractivity contribution < 1.29 is 0 Å². The molecule has 2 fully saturated rings. The standard InChI is InChI=1S/C12H20N6/c1-2-6-9(5-1)13-11-15-17-12(18-16-11)14-10-7-3-4-8-10/h9-10H,1-8H2,(H,13,15,16)(H,14,17,18). The first kappa shape index (κ1) is 11.6. The molecule has 6 nitrogen and oxygen atoms in total. The van der Waals surface area contributed by atoms with Crippen molar-refractivity contribution in [2.24, 2.45) is 0 Å². The third kappa shape index (κ3) is 2.86. The summed E-state index contributed by atoms with van der Waals surface area (Å²) >= 11 is 0. The summed E-state index contributed by atoms with van der Waals surface area (Å²) in [6.45, 7) is 0. The lowest BCUT2D eigenvalue weighted by Gasteiger charge is -2.12. The van der Waals surface area contributed by atoms with E-state index in [1.165, 1.54) is 51.4 Å². The molecule has 0 radical (unpaired) electrons. The van der Waals surface area contributed by atoms with Gasteiger partial charge >= 0.3 is 0 Å². The Balaban J connectivity index is 1.54. The van der Waals surface area contributed by atoms with E-state index in [1.54, 1.807) is 0 Å². The highest BCUT2D eigenvalue weighted by Crippen LogP contribution is 2.21. The predicted molar refractivity (Wildman–Crippen MR) is 69.4 cm³/mol. The van der Waals surface area contributed by atoms with E-state index in [0.29, 0.717) is 24.0 Å². The second-order valence-electron chi connectivity index (χ2n) is 5.30. The van der Waals surface area contributed by atoms with Crippen LogP contribution in [0.1, 0.15) is 51.4 Å². The van der Waals surface area contributed by atoms with Gasteiger partial charge in [-0.3, -0.25) is 0 Å². The molecule has 0 bridgehead atoms. The van der Waals surface area contributed by atoms with Crippen LogP contribution < -0.4 is 10.6 Å². The van der Waals surface area contributed by atoms with Gasteiger partial charge in [-0.05, 0) is 25.7 Å². The van der Waals surface area contributed by atoms with Crippen molar-refractivity contribution in [3.63, 3.8) is 0 Å². The highest BCUT2D eigenvalue weighted by molar-refractivity contribution is 5.27. The molecule has 0 amide bonds. The summed E-state index contributed by atoms with van der Waals surface area (Å²) in [5.41, 5.74) is 0. The second kappa shape index (κ2) is 5.46. The molecule has 2 saturated carbocycles. The highest BCUT2D eigenvalue weighted by Gasteiger charge is 2.17. The van der Waals surface area contributed by atoms with Crippen LogP contribution in [0.25, 0.3) is 0 Å². The predicted octanol–water partition coefficient (Wildman–Crippen LogP) is 1.98. The molecule has 2 aliphatic carbocycles. The lowest BCUT2D eigenvalue weighted by molar-refractivity contribution is 0.708. The normalized spacial score (nSPS) is 21.3. The Morgan fingerprint density at radius 1 is 0.611 bits per heavy atom. The molecule has 2 N–H and O–H groups in total. The summed E-state index contributed by atoms with van der Waals surface area (Å²) in [5.74, 6) is 1.11. The van der Waals surface area contributed by atoms with Crippen LogP contribution in [0.15, 0.2) is 0 Å². The minimum Gasteiger partial charge on any atom is -0.349 e. The Morgan fingerprint density at radius 3 is 1.28 bits per heavy atom. The molecule has 0 spiro atoms. The molecule has 98 valence electrons. The second-order valence-corrected chi connectivity index (χ2v) is 5.30. The molecule has 2 aliphatic rings. The van der Waals surface area contributed by atoms with E-state index < -0.39 is 0 Å². The molecule has 18 heavy (non-hydrogen) atoms. The molecule has 1 aromatic rings. The summed E-state index contributed by atoms with van der Waals surface area (Å²) in [7, 11) is 0. The number of rotatable bonds is 4. The fourth-order valence-corrected chi connectivity index (χ4v) is 2.85. The number of hydrogen-bond acceptors (Lipinski definition) is 6. The lowest BCUT2D eigenvalue weighted by Crippen LogP contribution is -2.20. The van der Waals surface area contributed by atoms with Crippen LogP contribution in [0.3, 0.4) is 0 Å². The maximum Gasteiger partial charge on any atom is 0.262 e. The van der Waals surface area contributed by atoms with Crippen LogP contribution in [-0.4, -0.2) is 32.5 Å². The molecular formula is C12H20N6.